The van der Waals surface area contributed by atoms with Crippen LogP contribution >= 0.6 is 0 Å². The second kappa shape index (κ2) is 7.07. The smallest absolute Gasteiger partial charge is 0.410 e. The van der Waals surface area contributed by atoms with Gasteiger partial charge in [0.25, 0.3) is 0 Å². The molecule has 0 aromatic heterocycles. The summed E-state index contributed by atoms with van der Waals surface area (Å²) in [6, 6.07) is 0. The highest BCUT2D eigenvalue weighted by molar-refractivity contribution is 5.69. The van der Waals surface area contributed by atoms with E-state index in [0.29, 0.717) is 25.6 Å². The number of carbonyl (C=O) groups excluding carboxylic acids is 1. The highest BCUT2D eigenvalue weighted by Gasteiger charge is 2.32. The monoisotopic (exact) mass is 274 g/mol. The summed E-state index contributed by atoms with van der Waals surface area (Å²) >= 11 is 0. The number of hydrogen-bond donors (Lipinski definition) is 3. The molecule has 1 amide bonds. The molecule has 0 radical (unpaired) electrons. The van der Waals surface area contributed by atoms with Gasteiger partial charge in [0, 0.05) is 51.2 Å². The van der Waals surface area contributed by atoms with Gasteiger partial charge in [0.15, 0.2) is 0 Å². The molecule has 2 saturated heterocycles. The van der Waals surface area contributed by atoms with Gasteiger partial charge in [-0.3, -0.25) is 0 Å². The van der Waals surface area contributed by atoms with Gasteiger partial charge < -0.3 is 25.2 Å². The highest BCUT2D eigenvalue weighted by Crippen LogP contribution is 2.18. The minimum atomic E-state index is -0.429. The molecule has 112 valence electrons. The maximum Gasteiger partial charge on any atom is 0.410 e. The number of carbonyl (C=O) groups is 1. The molecule has 0 aromatic carbocycles. The molecule has 6 nitrogen and oxygen atoms in total. The number of aliphatic hydroxyl groups excluding tert-OH is 2. The second-order valence-corrected chi connectivity index (χ2v) is 6.14. The summed E-state index contributed by atoms with van der Waals surface area (Å²) in [4.78, 5) is 12.9. The first-order chi connectivity index (χ1) is 8.85. The Balaban J connectivity index is 0.000000250. The van der Waals surface area contributed by atoms with Crippen LogP contribution in [0.2, 0.25) is 0 Å². The van der Waals surface area contributed by atoms with E-state index in [1.54, 1.807) is 4.90 Å². The number of nitrogens with zero attached hydrogens (tertiary/aromatic N) is 1. The lowest BCUT2D eigenvalue weighted by Gasteiger charge is -2.38. The maximum atomic E-state index is 11.3. The van der Waals surface area contributed by atoms with Crippen LogP contribution in [-0.4, -0.2) is 66.2 Å². The van der Waals surface area contributed by atoms with Crippen LogP contribution in [0.4, 0.5) is 4.79 Å². The number of hydrogen-bond acceptors (Lipinski definition) is 5. The molecule has 0 bridgehead atoms. The Morgan fingerprint density at radius 2 is 1.74 bits per heavy atom. The van der Waals surface area contributed by atoms with Gasteiger partial charge in [-0.05, 0) is 20.8 Å². The molecule has 2 heterocycles. The molecule has 6 heteroatoms. The van der Waals surface area contributed by atoms with Crippen LogP contribution < -0.4 is 5.32 Å². The Bertz CT molecular complexity index is 278. The Hall–Kier alpha value is -0.850. The van der Waals surface area contributed by atoms with E-state index in [2.05, 4.69) is 5.32 Å². The summed E-state index contributed by atoms with van der Waals surface area (Å²) in [7, 11) is 0. The number of nitrogens with one attached hydrogen (secondary N) is 1. The predicted molar refractivity (Wildman–Crippen MR) is 71.8 cm³/mol. The van der Waals surface area contributed by atoms with Crippen LogP contribution in [0.15, 0.2) is 0 Å². The van der Waals surface area contributed by atoms with Crippen molar-refractivity contribution < 1.29 is 19.7 Å². The Kier molecular flexibility index (Phi) is 6.03. The fraction of sp³-hybridized carbons (Fsp3) is 0.923. The quantitative estimate of drug-likeness (QED) is 0.662. The predicted octanol–water partition coefficient (Wildman–Crippen LogP) is 0.0437. The van der Waals surface area contributed by atoms with Crippen LogP contribution in [0.3, 0.4) is 0 Å². The Labute approximate surface area is 114 Å². The minimum absolute atomic E-state index is 0.152. The Morgan fingerprint density at radius 1 is 1.21 bits per heavy atom. The van der Waals surface area contributed by atoms with E-state index in [1.807, 2.05) is 20.8 Å². The van der Waals surface area contributed by atoms with Crippen molar-refractivity contribution in [3.8, 4) is 0 Å². The van der Waals surface area contributed by atoms with Crippen molar-refractivity contribution in [1.82, 2.24) is 10.2 Å². The molecule has 2 aliphatic heterocycles. The fourth-order valence-corrected chi connectivity index (χ4v) is 1.64. The minimum Gasteiger partial charge on any atom is -0.444 e. The van der Waals surface area contributed by atoms with Crippen LogP contribution in [0.25, 0.3) is 0 Å². The zero-order valence-electron chi connectivity index (χ0n) is 12.1. The van der Waals surface area contributed by atoms with Crippen molar-refractivity contribution in [1.29, 1.82) is 0 Å². The summed E-state index contributed by atoms with van der Waals surface area (Å²) in [6.07, 6.45) is -0.280. The molecule has 2 aliphatic rings. The summed E-state index contributed by atoms with van der Waals surface area (Å²) in [5.74, 6) is 0.803. The molecule has 0 saturated carbocycles. The summed E-state index contributed by atoms with van der Waals surface area (Å²) < 4.78 is 5.14. The molecule has 2 rings (SSSR count). The van der Waals surface area contributed by atoms with Crippen molar-refractivity contribution in [3.05, 3.63) is 0 Å². The van der Waals surface area contributed by atoms with E-state index in [9.17, 15) is 4.79 Å². The number of rotatable bonds is 2. The van der Waals surface area contributed by atoms with Crippen molar-refractivity contribution in [2.45, 2.75) is 26.4 Å². The SMILES string of the molecule is CC(C)(C)OC(=O)N1CC(CO)C1.OCC1CNC1. The van der Waals surface area contributed by atoms with Gasteiger partial charge in [-0.1, -0.05) is 0 Å². The second-order valence-electron chi connectivity index (χ2n) is 6.14. The molecule has 0 spiro atoms. The zero-order chi connectivity index (χ0) is 14.5. The van der Waals surface area contributed by atoms with Gasteiger partial charge in [0.2, 0.25) is 0 Å². The molecule has 0 atom stereocenters. The van der Waals surface area contributed by atoms with E-state index in [-0.39, 0.29) is 18.6 Å². The first kappa shape index (κ1) is 16.2. The number of ether oxygens (including phenoxy) is 1. The highest BCUT2D eigenvalue weighted by atomic mass is 16.6. The van der Waals surface area contributed by atoms with Crippen LogP contribution in [0, 0.1) is 11.8 Å². The first-order valence-electron chi connectivity index (χ1n) is 6.76. The topological polar surface area (TPSA) is 82.0 Å². The van der Waals surface area contributed by atoms with Gasteiger partial charge in [-0.2, -0.15) is 0 Å². The summed E-state index contributed by atoms with van der Waals surface area (Å²) in [5.41, 5.74) is -0.429. The lowest BCUT2D eigenvalue weighted by atomic mass is 10.0. The van der Waals surface area contributed by atoms with Gasteiger partial charge in [0.05, 0.1) is 0 Å². The van der Waals surface area contributed by atoms with E-state index >= 15 is 0 Å². The van der Waals surface area contributed by atoms with Crippen molar-refractivity contribution in [2.24, 2.45) is 11.8 Å². The van der Waals surface area contributed by atoms with E-state index in [0.717, 1.165) is 13.1 Å². The van der Waals surface area contributed by atoms with Gasteiger partial charge in [-0.25, -0.2) is 4.79 Å². The van der Waals surface area contributed by atoms with Crippen LogP contribution in [-0.2, 0) is 4.74 Å². The molecule has 0 unspecified atom stereocenters. The third-order valence-electron chi connectivity index (χ3n) is 2.99. The Morgan fingerprint density at radius 3 is 2.00 bits per heavy atom. The van der Waals surface area contributed by atoms with Crippen molar-refractivity contribution >= 4 is 6.09 Å². The van der Waals surface area contributed by atoms with Crippen molar-refractivity contribution in [3.63, 3.8) is 0 Å². The molecule has 2 fully saturated rings. The lowest BCUT2D eigenvalue weighted by molar-refractivity contribution is -0.00972. The normalized spacial score (nSPS) is 19.9. The lowest BCUT2D eigenvalue weighted by Crippen LogP contribution is -2.52. The van der Waals surface area contributed by atoms with Gasteiger partial charge >= 0.3 is 6.09 Å². The van der Waals surface area contributed by atoms with Crippen molar-refractivity contribution in [2.75, 3.05) is 39.4 Å². The number of aliphatic hydroxyl groups is 2. The fourth-order valence-electron chi connectivity index (χ4n) is 1.64. The average Bonchev–Trinajstić information content (AvgIpc) is 2.11. The summed E-state index contributed by atoms with van der Waals surface area (Å²) in [6.45, 7) is 9.28. The number of likely N-dealkylation sites (tertiary alicyclic amines) is 1. The van der Waals surface area contributed by atoms with E-state index < -0.39 is 5.60 Å². The average molecular weight is 274 g/mol. The maximum absolute atomic E-state index is 11.3. The molecule has 0 aliphatic carbocycles. The molecule has 0 aromatic rings. The largest absolute Gasteiger partial charge is 0.444 e. The third-order valence-corrected chi connectivity index (χ3v) is 2.99. The molecular formula is C13H26N2O4. The standard InChI is InChI=1S/C9H17NO3.C4H9NO/c1-9(2,3)13-8(12)10-4-7(5-10)6-11;6-3-4-1-5-2-4/h7,11H,4-6H2,1-3H3;4-6H,1-3H2. The van der Waals surface area contributed by atoms with Crippen LogP contribution in [0.1, 0.15) is 20.8 Å². The van der Waals surface area contributed by atoms with E-state index in [4.69, 9.17) is 14.9 Å². The van der Waals surface area contributed by atoms with E-state index in [1.165, 1.54) is 0 Å². The van der Waals surface area contributed by atoms with Gasteiger partial charge in [-0.15, -0.1) is 0 Å². The molecular weight excluding hydrogens is 248 g/mol. The zero-order valence-corrected chi connectivity index (χ0v) is 12.1. The third kappa shape index (κ3) is 5.76. The first-order valence-corrected chi connectivity index (χ1v) is 6.76. The van der Waals surface area contributed by atoms with Gasteiger partial charge in [0.1, 0.15) is 5.60 Å². The molecule has 19 heavy (non-hydrogen) atoms. The van der Waals surface area contributed by atoms with Crippen LogP contribution in [0.5, 0.6) is 0 Å². The summed E-state index contributed by atoms with van der Waals surface area (Å²) in [5, 5.41) is 20.1. The number of amides is 1. The molecule has 3 N–H and O–H groups in total.